The van der Waals surface area contributed by atoms with E-state index in [1.807, 2.05) is 0 Å². The van der Waals surface area contributed by atoms with Crippen LogP contribution in [-0.4, -0.2) is 34.7 Å². The van der Waals surface area contributed by atoms with Crippen molar-refractivity contribution in [2.75, 3.05) is 17.7 Å². The molecule has 8 nitrogen and oxygen atoms in total. The van der Waals surface area contributed by atoms with Gasteiger partial charge in [0.1, 0.15) is 12.3 Å². The van der Waals surface area contributed by atoms with Gasteiger partial charge in [0.15, 0.2) is 0 Å². The number of carbonyl (C=O) groups excluding carboxylic acids is 2. The van der Waals surface area contributed by atoms with Crippen LogP contribution in [0.4, 0.5) is 11.4 Å². The van der Waals surface area contributed by atoms with Gasteiger partial charge in [-0.1, -0.05) is 0 Å². The van der Waals surface area contributed by atoms with E-state index in [0.29, 0.717) is 17.1 Å². The van der Waals surface area contributed by atoms with Gasteiger partial charge in [-0.05, 0) is 31.2 Å². The van der Waals surface area contributed by atoms with E-state index in [2.05, 4.69) is 15.7 Å². The van der Waals surface area contributed by atoms with Gasteiger partial charge in [0.25, 0.3) is 0 Å². The molecule has 2 aromatic rings. The number of aromatic nitrogens is 2. The second kappa shape index (κ2) is 7.41. The Morgan fingerprint density at radius 2 is 1.96 bits per heavy atom. The minimum Gasteiger partial charge on any atom is -0.497 e. The molecule has 0 fully saturated rings. The summed E-state index contributed by atoms with van der Waals surface area (Å²) in [5.41, 5.74) is 6.62. The van der Waals surface area contributed by atoms with Crippen LogP contribution >= 0.6 is 0 Å². The molecular formula is C15H19N5O3. The molecule has 0 aliphatic rings. The number of anilines is 2. The fourth-order valence-corrected chi connectivity index (χ4v) is 1.79. The maximum absolute atomic E-state index is 12.0. The molecule has 0 aliphatic carbocycles. The second-order valence-corrected chi connectivity index (χ2v) is 4.98. The van der Waals surface area contributed by atoms with Gasteiger partial charge in [-0.15, -0.1) is 0 Å². The van der Waals surface area contributed by atoms with E-state index in [9.17, 15) is 9.59 Å². The first kappa shape index (κ1) is 16.5. The van der Waals surface area contributed by atoms with Crippen LogP contribution < -0.4 is 21.1 Å². The quantitative estimate of drug-likeness (QED) is 0.730. The van der Waals surface area contributed by atoms with E-state index in [-0.39, 0.29) is 18.4 Å². The number of amides is 2. The Bertz CT molecular complexity index is 679. The first-order valence-electron chi connectivity index (χ1n) is 7.00. The van der Waals surface area contributed by atoms with Gasteiger partial charge in [-0.2, -0.15) is 5.10 Å². The smallest absolute Gasteiger partial charge is 0.246 e. The van der Waals surface area contributed by atoms with Crippen molar-refractivity contribution >= 4 is 23.2 Å². The van der Waals surface area contributed by atoms with Crippen LogP contribution in [0.15, 0.2) is 36.7 Å². The van der Waals surface area contributed by atoms with Crippen LogP contribution in [0.2, 0.25) is 0 Å². The maximum atomic E-state index is 12.0. The molecule has 0 radical (unpaired) electrons. The molecule has 1 heterocycles. The Balaban J connectivity index is 1.90. The Morgan fingerprint density at radius 1 is 1.26 bits per heavy atom. The monoisotopic (exact) mass is 317 g/mol. The highest BCUT2D eigenvalue weighted by atomic mass is 16.5. The summed E-state index contributed by atoms with van der Waals surface area (Å²) in [6, 6.07) is 6.38. The largest absolute Gasteiger partial charge is 0.497 e. The average Bonchev–Trinajstić information content (AvgIpc) is 2.94. The molecule has 2 rings (SSSR count). The zero-order valence-corrected chi connectivity index (χ0v) is 12.9. The topological polar surface area (TPSA) is 111 Å². The highest BCUT2D eigenvalue weighted by Gasteiger charge is 2.10. The van der Waals surface area contributed by atoms with Crippen molar-refractivity contribution in [2.45, 2.75) is 19.5 Å². The molecule has 1 aromatic carbocycles. The standard InChI is InChI=1S/C15H19N5O3/c1-10(16)15(22)19-12-7-17-20(8-12)9-14(21)18-11-3-5-13(23-2)6-4-11/h3-8,10H,9,16H2,1-2H3,(H,18,21)(H,19,22)/t10-/m1/s1. The van der Waals surface area contributed by atoms with E-state index < -0.39 is 6.04 Å². The summed E-state index contributed by atoms with van der Waals surface area (Å²) < 4.78 is 6.48. The number of methoxy groups -OCH3 is 1. The van der Waals surface area contributed by atoms with E-state index in [1.54, 1.807) is 44.5 Å². The van der Waals surface area contributed by atoms with E-state index in [4.69, 9.17) is 10.5 Å². The molecule has 0 spiro atoms. The Labute approximate surface area is 133 Å². The number of rotatable bonds is 6. The molecule has 1 atom stereocenters. The lowest BCUT2D eigenvalue weighted by atomic mass is 10.3. The third kappa shape index (κ3) is 4.82. The van der Waals surface area contributed by atoms with Crippen molar-refractivity contribution in [3.8, 4) is 5.75 Å². The van der Waals surface area contributed by atoms with Crippen molar-refractivity contribution in [3.05, 3.63) is 36.7 Å². The fraction of sp³-hybridized carbons (Fsp3) is 0.267. The summed E-state index contributed by atoms with van der Waals surface area (Å²) in [6.07, 6.45) is 3.02. The van der Waals surface area contributed by atoms with Crippen LogP contribution in [0.1, 0.15) is 6.92 Å². The minimum absolute atomic E-state index is 0.0279. The summed E-state index contributed by atoms with van der Waals surface area (Å²) in [5, 5.41) is 9.37. The fourth-order valence-electron chi connectivity index (χ4n) is 1.79. The Kier molecular flexibility index (Phi) is 5.32. The summed E-state index contributed by atoms with van der Waals surface area (Å²) >= 11 is 0. The number of carbonyl (C=O) groups is 2. The van der Waals surface area contributed by atoms with Crippen molar-refractivity contribution in [1.82, 2.24) is 9.78 Å². The Hall–Kier alpha value is -2.87. The lowest BCUT2D eigenvalue weighted by molar-refractivity contribution is -0.117. The molecule has 0 unspecified atom stereocenters. The van der Waals surface area contributed by atoms with Gasteiger partial charge in [0.2, 0.25) is 11.8 Å². The first-order valence-corrected chi connectivity index (χ1v) is 7.00. The highest BCUT2D eigenvalue weighted by Crippen LogP contribution is 2.15. The van der Waals surface area contributed by atoms with E-state index in [1.165, 1.54) is 10.9 Å². The molecular weight excluding hydrogens is 298 g/mol. The van der Waals surface area contributed by atoms with Crippen LogP contribution in [0.25, 0.3) is 0 Å². The van der Waals surface area contributed by atoms with Crippen LogP contribution in [0.5, 0.6) is 5.75 Å². The first-order chi connectivity index (χ1) is 11.0. The summed E-state index contributed by atoms with van der Waals surface area (Å²) in [4.78, 5) is 23.4. The summed E-state index contributed by atoms with van der Waals surface area (Å²) in [5.74, 6) is 0.167. The molecule has 0 bridgehead atoms. The van der Waals surface area contributed by atoms with E-state index in [0.717, 1.165) is 0 Å². The zero-order chi connectivity index (χ0) is 16.8. The van der Waals surface area contributed by atoms with Crippen molar-refractivity contribution in [1.29, 1.82) is 0 Å². The molecule has 122 valence electrons. The predicted octanol–water partition coefficient (Wildman–Crippen LogP) is 0.816. The maximum Gasteiger partial charge on any atom is 0.246 e. The van der Waals surface area contributed by atoms with Gasteiger partial charge in [0, 0.05) is 11.9 Å². The number of ether oxygens (including phenoxy) is 1. The molecule has 2 amide bonds. The van der Waals surface area contributed by atoms with Gasteiger partial charge in [-0.25, -0.2) is 0 Å². The molecule has 1 aromatic heterocycles. The number of nitrogens with one attached hydrogen (secondary N) is 2. The normalized spacial score (nSPS) is 11.6. The third-order valence-corrected chi connectivity index (χ3v) is 2.99. The lowest BCUT2D eigenvalue weighted by Crippen LogP contribution is -2.32. The number of hydrogen-bond donors (Lipinski definition) is 3. The van der Waals surface area contributed by atoms with E-state index >= 15 is 0 Å². The Morgan fingerprint density at radius 3 is 2.57 bits per heavy atom. The molecule has 4 N–H and O–H groups in total. The average molecular weight is 317 g/mol. The van der Waals surface area contributed by atoms with Crippen LogP contribution in [0, 0.1) is 0 Å². The predicted molar refractivity (Wildman–Crippen MR) is 86.1 cm³/mol. The summed E-state index contributed by atoms with van der Waals surface area (Å²) in [7, 11) is 1.58. The molecule has 8 heteroatoms. The summed E-state index contributed by atoms with van der Waals surface area (Å²) in [6.45, 7) is 1.61. The van der Waals surface area contributed by atoms with Crippen LogP contribution in [0.3, 0.4) is 0 Å². The van der Waals surface area contributed by atoms with Gasteiger partial charge in [-0.3, -0.25) is 14.3 Å². The highest BCUT2D eigenvalue weighted by molar-refractivity contribution is 5.94. The van der Waals surface area contributed by atoms with Crippen molar-refractivity contribution in [3.63, 3.8) is 0 Å². The second-order valence-electron chi connectivity index (χ2n) is 4.98. The number of nitrogens with zero attached hydrogens (tertiary/aromatic N) is 2. The minimum atomic E-state index is -0.614. The number of hydrogen-bond acceptors (Lipinski definition) is 5. The van der Waals surface area contributed by atoms with Gasteiger partial charge >= 0.3 is 0 Å². The van der Waals surface area contributed by atoms with Crippen LogP contribution in [-0.2, 0) is 16.1 Å². The number of benzene rings is 1. The number of nitrogens with two attached hydrogens (primary N) is 1. The van der Waals surface area contributed by atoms with Gasteiger partial charge in [0.05, 0.1) is 25.0 Å². The third-order valence-electron chi connectivity index (χ3n) is 2.99. The lowest BCUT2D eigenvalue weighted by Gasteiger charge is -2.06. The molecule has 0 aliphatic heterocycles. The van der Waals surface area contributed by atoms with Gasteiger partial charge < -0.3 is 21.1 Å². The molecule has 0 saturated heterocycles. The molecule has 0 saturated carbocycles. The zero-order valence-electron chi connectivity index (χ0n) is 12.9. The SMILES string of the molecule is COc1ccc(NC(=O)Cn2cc(NC(=O)[C@@H](C)N)cn2)cc1. The molecule has 23 heavy (non-hydrogen) atoms. The van der Waals surface area contributed by atoms with Crippen molar-refractivity contribution < 1.29 is 14.3 Å². The van der Waals surface area contributed by atoms with Crippen molar-refractivity contribution in [2.24, 2.45) is 5.73 Å².